The Hall–Kier alpha value is -0.240. The lowest BCUT2D eigenvalue weighted by atomic mass is 10.2. The molecule has 12 heavy (non-hydrogen) atoms. The molecule has 0 radical (unpaired) electrons. The predicted molar refractivity (Wildman–Crippen MR) is 54.3 cm³/mol. The van der Waals surface area contributed by atoms with Crippen molar-refractivity contribution >= 4 is 24.1 Å². The van der Waals surface area contributed by atoms with Crippen LogP contribution in [0.2, 0.25) is 0 Å². The van der Waals surface area contributed by atoms with E-state index in [1.54, 1.807) is 12.1 Å². The van der Waals surface area contributed by atoms with Crippen molar-refractivity contribution in [3.63, 3.8) is 0 Å². The highest BCUT2D eigenvalue weighted by Gasteiger charge is 2.17. The van der Waals surface area contributed by atoms with E-state index in [-0.39, 0.29) is 0 Å². The van der Waals surface area contributed by atoms with Crippen molar-refractivity contribution in [3.8, 4) is 0 Å². The zero-order chi connectivity index (χ0) is 9.19. The van der Waals surface area contributed by atoms with Crippen LogP contribution in [0.15, 0.2) is 24.3 Å². The van der Waals surface area contributed by atoms with Crippen LogP contribution in [-0.2, 0) is 11.0 Å². The number of rotatable bonds is 2. The quantitative estimate of drug-likeness (QED) is 0.568. The van der Waals surface area contributed by atoms with Crippen LogP contribution in [0.4, 0.5) is 0 Å². The number of hydrogen-bond donors (Lipinski definition) is 2. The first kappa shape index (κ1) is 9.85. The van der Waals surface area contributed by atoms with Gasteiger partial charge in [0.1, 0.15) is 0 Å². The molecule has 0 amide bonds. The molecule has 1 atom stereocenters. The molecule has 0 fully saturated rings. The molecule has 1 rings (SSSR count). The summed E-state index contributed by atoms with van der Waals surface area (Å²) in [6.45, 7) is -1.43. The van der Waals surface area contributed by atoms with Crippen LogP contribution < -0.4 is 5.30 Å². The smallest absolute Gasteiger partial charge is 0.281 e. The maximum Gasteiger partial charge on any atom is 0.281 e. The van der Waals surface area contributed by atoms with Gasteiger partial charge < -0.3 is 4.89 Å². The van der Waals surface area contributed by atoms with Gasteiger partial charge in [0.2, 0.25) is 0 Å². The standard InChI is InChI=1S/C8H11O2PS/c1-2-7-5-3-4-6-8(7)11(9,10)12/h3-6H,2H2,1H3,(H2,9,10,12). The van der Waals surface area contributed by atoms with E-state index in [0.29, 0.717) is 5.30 Å². The van der Waals surface area contributed by atoms with E-state index in [4.69, 9.17) is 0 Å². The third kappa shape index (κ3) is 2.13. The Balaban J connectivity index is 3.23. The summed E-state index contributed by atoms with van der Waals surface area (Å²) < 4.78 is 11.2. The van der Waals surface area contributed by atoms with Gasteiger partial charge in [0.05, 0.1) is 0 Å². The number of hydrogen-bond acceptors (Lipinski definition) is 1. The van der Waals surface area contributed by atoms with Crippen LogP contribution in [0.1, 0.15) is 12.5 Å². The third-order valence-electron chi connectivity index (χ3n) is 1.69. The van der Waals surface area contributed by atoms with Crippen molar-refractivity contribution in [2.24, 2.45) is 0 Å². The average molecular weight is 202 g/mol. The molecular formula is C8H11O2PS. The molecule has 0 aliphatic heterocycles. The Morgan fingerprint density at radius 2 is 2.08 bits per heavy atom. The molecule has 66 valence electrons. The molecule has 1 N–H and O–H groups in total. The Morgan fingerprint density at radius 3 is 2.50 bits per heavy atom. The fourth-order valence-electron chi connectivity index (χ4n) is 1.09. The van der Waals surface area contributed by atoms with Crippen LogP contribution >= 0.6 is 18.8 Å². The van der Waals surface area contributed by atoms with E-state index in [1.165, 1.54) is 0 Å². The predicted octanol–water partition coefficient (Wildman–Crippen LogP) is 1.99. The van der Waals surface area contributed by atoms with E-state index in [2.05, 4.69) is 12.2 Å². The highest BCUT2D eigenvalue weighted by atomic mass is 32.7. The van der Waals surface area contributed by atoms with Gasteiger partial charge in [0, 0.05) is 5.30 Å². The molecule has 0 aromatic heterocycles. The molecule has 0 heterocycles. The van der Waals surface area contributed by atoms with Crippen LogP contribution in [0.5, 0.6) is 0 Å². The van der Waals surface area contributed by atoms with Gasteiger partial charge in [0.25, 0.3) is 6.57 Å². The molecular weight excluding hydrogens is 191 g/mol. The Morgan fingerprint density at radius 1 is 1.50 bits per heavy atom. The third-order valence-corrected chi connectivity index (χ3v) is 3.40. The second kappa shape index (κ2) is 3.65. The largest absolute Gasteiger partial charge is 0.334 e. The van der Waals surface area contributed by atoms with E-state index >= 15 is 0 Å². The summed E-state index contributed by atoms with van der Waals surface area (Å²) >= 11 is 3.68. The second-order valence-corrected chi connectivity index (χ2v) is 5.72. The molecule has 0 aliphatic carbocycles. The van der Waals surface area contributed by atoms with E-state index in [9.17, 15) is 9.46 Å². The van der Waals surface area contributed by atoms with Gasteiger partial charge in [-0.25, -0.2) is 0 Å². The number of benzene rings is 1. The average Bonchev–Trinajstić information content (AvgIpc) is 2.03. The van der Waals surface area contributed by atoms with E-state index in [0.717, 1.165) is 12.0 Å². The zero-order valence-corrected chi connectivity index (χ0v) is 8.56. The molecule has 1 aromatic rings. The van der Waals surface area contributed by atoms with Gasteiger partial charge in [-0.05, 0) is 18.1 Å². The highest BCUT2D eigenvalue weighted by Crippen LogP contribution is 2.45. The van der Waals surface area contributed by atoms with Crippen molar-refractivity contribution in [1.29, 1.82) is 0 Å². The lowest BCUT2D eigenvalue weighted by Crippen LogP contribution is -2.06. The minimum Gasteiger partial charge on any atom is -0.334 e. The maximum absolute atomic E-state index is 11.2. The topological polar surface area (TPSA) is 37.3 Å². The van der Waals surface area contributed by atoms with Gasteiger partial charge in [0.15, 0.2) is 0 Å². The molecule has 0 saturated heterocycles. The first-order chi connectivity index (χ1) is 5.55. The van der Waals surface area contributed by atoms with E-state index < -0.39 is 6.57 Å². The van der Waals surface area contributed by atoms with Gasteiger partial charge in [-0.1, -0.05) is 37.4 Å². The van der Waals surface area contributed by atoms with Gasteiger partial charge in [-0.3, -0.25) is 4.57 Å². The van der Waals surface area contributed by atoms with Crippen molar-refractivity contribution in [1.82, 2.24) is 0 Å². The number of aryl methyl sites for hydroxylation is 1. The fourth-order valence-corrected chi connectivity index (χ4v) is 2.57. The lowest BCUT2D eigenvalue weighted by Gasteiger charge is -2.08. The Kier molecular flexibility index (Phi) is 2.99. The van der Waals surface area contributed by atoms with Crippen LogP contribution in [0, 0.1) is 0 Å². The molecule has 0 saturated carbocycles. The molecule has 0 spiro atoms. The van der Waals surface area contributed by atoms with Gasteiger partial charge in [-0.2, -0.15) is 0 Å². The number of thiol groups is 1. The van der Waals surface area contributed by atoms with Crippen molar-refractivity contribution < 1.29 is 9.46 Å². The summed E-state index contributed by atoms with van der Waals surface area (Å²) in [5, 5.41) is 0.454. The van der Waals surface area contributed by atoms with Crippen molar-refractivity contribution in [2.45, 2.75) is 13.3 Å². The summed E-state index contributed by atoms with van der Waals surface area (Å²) in [7, 11) is 0. The maximum atomic E-state index is 11.2. The molecule has 0 aliphatic rings. The first-order valence-electron chi connectivity index (χ1n) is 3.69. The summed E-state index contributed by atoms with van der Waals surface area (Å²) in [6.07, 6.45) is 0.751. The summed E-state index contributed by atoms with van der Waals surface area (Å²) in [6, 6.07) is 7.08. The van der Waals surface area contributed by atoms with Crippen molar-refractivity contribution in [2.75, 3.05) is 0 Å². The van der Waals surface area contributed by atoms with Crippen molar-refractivity contribution in [3.05, 3.63) is 29.8 Å². The van der Waals surface area contributed by atoms with Gasteiger partial charge in [-0.15, -0.1) is 0 Å². The molecule has 1 aromatic carbocycles. The molecule has 1 unspecified atom stereocenters. The molecule has 0 bridgehead atoms. The van der Waals surface area contributed by atoms with Crippen LogP contribution in [0.3, 0.4) is 0 Å². The van der Waals surface area contributed by atoms with Crippen LogP contribution in [-0.4, -0.2) is 4.89 Å². The lowest BCUT2D eigenvalue weighted by molar-refractivity contribution is 0.508. The molecule has 4 heteroatoms. The minimum atomic E-state index is -3.38. The normalized spacial score (nSPS) is 15.6. The monoisotopic (exact) mass is 202 g/mol. The Labute approximate surface area is 77.2 Å². The van der Waals surface area contributed by atoms with E-state index in [1.807, 2.05) is 19.1 Å². The first-order valence-corrected chi connectivity index (χ1v) is 6.51. The molecule has 2 nitrogen and oxygen atoms in total. The summed E-state index contributed by atoms with van der Waals surface area (Å²) in [4.78, 5) is 9.22. The van der Waals surface area contributed by atoms with Gasteiger partial charge >= 0.3 is 0 Å². The SMILES string of the molecule is CCc1ccccc1P(=O)(O)S. The minimum absolute atomic E-state index is 0.454. The summed E-state index contributed by atoms with van der Waals surface area (Å²) in [5.41, 5.74) is 0.887. The highest BCUT2D eigenvalue weighted by molar-refractivity contribution is 8.48. The zero-order valence-electron chi connectivity index (χ0n) is 6.77. The Bertz CT molecular complexity index is 319. The fraction of sp³-hybridized carbons (Fsp3) is 0.250. The van der Waals surface area contributed by atoms with Crippen LogP contribution in [0.25, 0.3) is 0 Å². The second-order valence-electron chi connectivity index (χ2n) is 2.53. The summed E-state index contributed by atoms with van der Waals surface area (Å²) in [5.74, 6) is 0.